The van der Waals surface area contributed by atoms with Crippen molar-refractivity contribution in [2.45, 2.75) is 31.6 Å². The van der Waals surface area contributed by atoms with Crippen LogP contribution in [0.4, 0.5) is 0 Å². The Bertz CT molecular complexity index is 553. The molecule has 2 N–H and O–H groups in total. The Hall–Kier alpha value is -0.440. The van der Waals surface area contributed by atoms with Gasteiger partial charge in [-0.15, -0.1) is 11.3 Å². The summed E-state index contributed by atoms with van der Waals surface area (Å²) < 4.78 is 27.3. The minimum Gasteiger partial charge on any atom is -0.481 e. The lowest BCUT2D eigenvalue weighted by Crippen LogP contribution is -2.33. The monoisotopic (exact) mass is 369 g/mol. The van der Waals surface area contributed by atoms with Gasteiger partial charge in [0.15, 0.2) is 0 Å². The highest BCUT2D eigenvalue weighted by molar-refractivity contribution is 9.11. The number of aryl methyl sites for hydroxylation is 1. The van der Waals surface area contributed by atoms with E-state index in [0.717, 1.165) is 3.79 Å². The molecule has 0 saturated heterocycles. The van der Waals surface area contributed by atoms with Gasteiger partial charge in [0.05, 0.1) is 14.6 Å². The first-order valence-corrected chi connectivity index (χ1v) is 8.85. The van der Waals surface area contributed by atoms with Crippen molar-refractivity contribution in [1.29, 1.82) is 0 Å². The molecule has 0 spiro atoms. The number of hydrogen-bond donors (Lipinski definition) is 2. The smallest absolute Gasteiger partial charge is 0.307 e. The number of rotatable bonds is 7. The molecule has 0 amide bonds. The minimum absolute atomic E-state index is 0.0849. The van der Waals surface area contributed by atoms with Gasteiger partial charge in [-0.05, 0) is 35.3 Å². The molecular weight excluding hydrogens is 354 g/mol. The van der Waals surface area contributed by atoms with Crippen LogP contribution in [-0.2, 0) is 14.8 Å². The van der Waals surface area contributed by atoms with Gasteiger partial charge in [0.25, 0.3) is 0 Å². The Morgan fingerprint density at radius 2 is 2.21 bits per heavy atom. The van der Waals surface area contributed by atoms with Gasteiger partial charge in [-0.2, -0.15) is 0 Å². The van der Waals surface area contributed by atoms with Gasteiger partial charge < -0.3 is 5.11 Å². The van der Waals surface area contributed by atoms with E-state index in [0.29, 0.717) is 17.7 Å². The van der Waals surface area contributed by atoms with Crippen LogP contribution in [0.3, 0.4) is 0 Å². The summed E-state index contributed by atoms with van der Waals surface area (Å²) in [5, 5.41) is 8.99. The molecule has 8 heteroatoms. The highest BCUT2D eigenvalue weighted by Gasteiger charge is 2.23. The lowest BCUT2D eigenvalue weighted by molar-refractivity contribution is -0.141. The number of carbonyl (C=O) groups is 1. The van der Waals surface area contributed by atoms with E-state index in [1.807, 2.05) is 6.92 Å². The molecule has 0 aromatic carbocycles. The summed E-state index contributed by atoms with van der Waals surface area (Å²) in [5.74, 6) is -1.67. The molecule has 1 rings (SSSR count). The molecule has 1 atom stereocenters. The normalized spacial score (nSPS) is 13.4. The average Bonchev–Trinajstić information content (AvgIpc) is 2.64. The third-order valence-corrected chi connectivity index (χ3v) is 5.87. The topological polar surface area (TPSA) is 83.5 Å². The quantitative estimate of drug-likeness (QED) is 0.773. The van der Waals surface area contributed by atoms with Crippen LogP contribution in [0, 0.1) is 12.8 Å². The van der Waals surface area contributed by atoms with Crippen LogP contribution >= 0.6 is 27.3 Å². The molecule has 0 aliphatic heterocycles. The first-order valence-electron chi connectivity index (χ1n) is 5.76. The Morgan fingerprint density at radius 1 is 1.58 bits per heavy atom. The maximum atomic E-state index is 12.1. The average molecular weight is 370 g/mol. The minimum atomic E-state index is -3.65. The highest BCUT2D eigenvalue weighted by atomic mass is 79.9. The zero-order valence-electron chi connectivity index (χ0n) is 10.6. The number of sulfonamides is 1. The summed E-state index contributed by atoms with van der Waals surface area (Å²) in [4.78, 5) is 11.8. The fourth-order valence-electron chi connectivity index (χ4n) is 1.65. The molecule has 108 valence electrons. The second-order valence-corrected chi connectivity index (χ2v) is 8.52. The molecule has 5 nitrogen and oxygen atoms in total. The van der Waals surface area contributed by atoms with Crippen LogP contribution < -0.4 is 4.72 Å². The molecular formula is C11H16BrNO4S2. The zero-order valence-corrected chi connectivity index (χ0v) is 13.9. The lowest BCUT2D eigenvalue weighted by Gasteiger charge is -2.12. The van der Waals surface area contributed by atoms with Crippen LogP contribution in [-0.4, -0.2) is 26.0 Å². The zero-order chi connectivity index (χ0) is 14.6. The van der Waals surface area contributed by atoms with E-state index < -0.39 is 21.9 Å². The van der Waals surface area contributed by atoms with Gasteiger partial charge in [-0.1, -0.05) is 13.3 Å². The van der Waals surface area contributed by atoms with E-state index in [1.54, 1.807) is 6.92 Å². The van der Waals surface area contributed by atoms with E-state index in [1.165, 1.54) is 17.4 Å². The number of carboxylic acids is 1. The van der Waals surface area contributed by atoms with E-state index in [2.05, 4.69) is 20.7 Å². The summed E-state index contributed by atoms with van der Waals surface area (Å²) in [6, 6.07) is 1.53. The maximum Gasteiger partial charge on any atom is 0.307 e. The lowest BCUT2D eigenvalue weighted by atomic mass is 10.1. The third kappa shape index (κ3) is 4.55. The second kappa shape index (κ2) is 6.83. The number of aliphatic carboxylic acids is 1. The van der Waals surface area contributed by atoms with Crippen LogP contribution in [0.1, 0.15) is 24.6 Å². The molecule has 0 saturated carbocycles. The van der Waals surface area contributed by atoms with Crippen LogP contribution in [0.2, 0.25) is 0 Å². The van der Waals surface area contributed by atoms with Crippen molar-refractivity contribution in [3.05, 3.63) is 14.7 Å². The van der Waals surface area contributed by atoms with Gasteiger partial charge in [0, 0.05) is 11.4 Å². The molecule has 0 bridgehead atoms. The van der Waals surface area contributed by atoms with Crippen molar-refractivity contribution in [2.75, 3.05) is 6.54 Å². The van der Waals surface area contributed by atoms with Crippen LogP contribution in [0.25, 0.3) is 0 Å². The first-order chi connectivity index (χ1) is 8.77. The molecule has 1 heterocycles. The SMILES string of the molecule is CCCC(CNS(=O)(=O)c1cc(Br)sc1C)C(=O)O. The Balaban J connectivity index is 2.80. The molecule has 19 heavy (non-hydrogen) atoms. The van der Waals surface area contributed by atoms with Crippen molar-refractivity contribution in [3.63, 3.8) is 0 Å². The van der Waals surface area contributed by atoms with Crippen molar-refractivity contribution < 1.29 is 18.3 Å². The summed E-state index contributed by atoms with van der Waals surface area (Å²) in [6.45, 7) is 3.49. The Labute approximate surface area is 125 Å². The van der Waals surface area contributed by atoms with Crippen molar-refractivity contribution >= 4 is 43.3 Å². The van der Waals surface area contributed by atoms with Gasteiger partial charge >= 0.3 is 5.97 Å². The summed E-state index contributed by atoms with van der Waals surface area (Å²) in [7, 11) is -3.65. The summed E-state index contributed by atoms with van der Waals surface area (Å²) in [5.41, 5.74) is 0. The van der Waals surface area contributed by atoms with Crippen LogP contribution in [0.5, 0.6) is 0 Å². The van der Waals surface area contributed by atoms with Gasteiger partial charge in [-0.3, -0.25) is 4.79 Å². The first kappa shape index (κ1) is 16.6. The largest absolute Gasteiger partial charge is 0.481 e. The number of carboxylic acid groups (broad SMARTS) is 1. The number of hydrogen-bond acceptors (Lipinski definition) is 4. The molecule has 0 aliphatic rings. The number of halogens is 1. The molecule has 1 aromatic heterocycles. The van der Waals surface area contributed by atoms with E-state index >= 15 is 0 Å². The van der Waals surface area contributed by atoms with Gasteiger partial charge in [-0.25, -0.2) is 13.1 Å². The fourth-order valence-corrected chi connectivity index (χ4v) is 5.14. The van der Waals surface area contributed by atoms with Crippen molar-refractivity contribution in [3.8, 4) is 0 Å². The number of thiophene rings is 1. The maximum absolute atomic E-state index is 12.1. The van der Waals surface area contributed by atoms with Crippen molar-refractivity contribution in [1.82, 2.24) is 4.72 Å². The van der Waals surface area contributed by atoms with E-state index in [-0.39, 0.29) is 11.4 Å². The third-order valence-electron chi connectivity index (χ3n) is 2.64. The second-order valence-electron chi connectivity index (χ2n) is 4.15. The van der Waals surface area contributed by atoms with Gasteiger partial charge in [0.2, 0.25) is 10.0 Å². The van der Waals surface area contributed by atoms with Gasteiger partial charge in [0.1, 0.15) is 0 Å². The Kier molecular flexibility index (Phi) is 5.97. The van der Waals surface area contributed by atoms with E-state index in [4.69, 9.17) is 5.11 Å². The van der Waals surface area contributed by atoms with E-state index in [9.17, 15) is 13.2 Å². The predicted octanol–water partition coefficient (Wildman–Crippen LogP) is 2.60. The van der Waals surface area contributed by atoms with Crippen LogP contribution in [0.15, 0.2) is 14.7 Å². The Morgan fingerprint density at radius 3 is 2.63 bits per heavy atom. The molecule has 0 radical (unpaired) electrons. The summed E-state index contributed by atoms with van der Waals surface area (Å²) in [6.07, 6.45) is 1.14. The molecule has 0 aliphatic carbocycles. The standard InChI is InChI=1S/C11H16BrNO4S2/c1-3-4-8(11(14)15)6-13-19(16,17)9-5-10(12)18-7(9)2/h5,8,13H,3-4,6H2,1-2H3,(H,14,15). The number of nitrogens with one attached hydrogen (secondary N) is 1. The molecule has 1 unspecified atom stereocenters. The highest BCUT2D eigenvalue weighted by Crippen LogP contribution is 2.29. The van der Waals surface area contributed by atoms with Crippen molar-refractivity contribution in [2.24, 2.45) is 5.92 Å². The fraction of sp³-hybridized carbons (Fsp3) is 0.545. The molecule has 1 aromatic rings. The predicted molar refractivity (Wildman–Crippen MR) is 78.0 cm³/mol. The molecule has 0 fully saturated rings. The summed E-state index contributed by atoms with van der Waals surface area (Å²) >= 11 is 4.56.